The van der Waals surface area contributed by atoms with E-state index in [1.54, 1.807) is 6.08 Å². The molecule has 0 radical (unpaired) electrons. The third-order valence-electron chi connectivity index (χ3n) is 1.80. The van der Waals surface area contributed by atoms with E-state index < -0.39 is 0 Å². The van der Waals surface area contributed by atoms with Gasteiger partial charge in [-0.3, -0.25) is 4.79 Å². The predicted octanol–water partition coefficient (Wildman–Crippen LogP) is 2.08. The van der Waals surface area contributed by atoms with Crippen LogP contribution in [0.3, 0.4) is 0 Å². The standard InChI is InChI=1S/C11H11NOS/c1-9-4-2-3-5-10(9)6-7-11(13)12-8-14/h2-8H,1H3,(H,12,13,14). The number of thiocarbonyl (C=S) groups is 1. The molecule has 0 aliphatic carbocycles. The van der Waals surface area contributed by atoms with E-state index in [1.807, 2.05) is 31.2 Å². The summed E-state index contributed by atoms with van der Waals surface area (Å²) in [5, 5.41) is 2.40. The number of benzene rings is 1. The van der Waals surface area contributed by atoms with Gasteiger partial charge in [0.25, 0.3) is 0 Å². The molecule has 0 heterocycles. The number of aryl methyl sites for hydroxylation is 1. The largest absolute Gasteiger partial charge is 0.319 e. The average molecular weight is 205 g/mol. The molecule has 1 rings (SSSR count). The lowest BCUT2D eigenvalue weighted by molar-refractivity contribution is -0.115. The van der Waals surface area contributed by atoms with E-state index in [1.165, 1.54) is 11.6 Å². The van der Waals surface area contributed by atoms with Gasteiger partial charge in [-0.15, -0.1) is 0 Å². The van der Waals surface area contributed by atoms with Gasteiger partial charge in [0.2, 0.25) is 5.91 Å². The van der Waals surface area contributed by atoms with Crippen molar-refractivity contribution < 1.29 is 4.79 Å². The maximum atomic E-state index is 11.0. The predicted molar refractivity (Wildman–Crippen MR) is 62.0 cm³/mol. The summed E-state index contributed by atoms with van der Waals surface area (Å²) >= 11 is 4.49. The zero-order chi connectivity index (χ0) is 10.4. The molecular weight excluding hydrogens is 194 g/mol. The van der Waals surface area contributed by atoms with E-state index in [0.717, 1.165) is 11.1 Å². The van der Waals surface area contributed by atoms with Gasteiger partial charge in [0, 0.05) is 6.08 Å². The van der Waals surface area contributed by atoms with Gasteiger partial charge in [-0.25, -0.2) is 0 Å². The Labute approximate surface area is 88.6 Å². The van der Waals surface area contributed by atoms with Crippen LogP contribution in [0.4, 0.5) is 0 Å². The summed E-state index contributed by atoms with van der Waals surface area (Å²) in [5.41, 5.74) is 3.37. The lowest BCUT2D eigenvalue weighted by Gasteiger charge is -1.97. The molecule has 0 atom stereocenters. The van der Waals surface area contributed by atoms with Crippen molar-refractivity contribution in [1.82, 2.24) is 5.32 Å². The Bertz CT molecular complexity index is 371. The Kier molecular flexibility index (Phi) is 4.01. The van der Waals surface area contributed by atoms with E-state index in [0.29, 0.717) is 0 Å². The van der Waals surface area contributed by atoms with Crippen molar-refractivity contribution in [2.24, 2.45) is 0 Å². The van der Waals surface area contributed by atoms with Gasteiger partial charge >= 0.3 is 0 Å². The van der Waals surface area contributed by atoms with Crippen LogP contribution in [-0.4, -0.2) is 11.4 Å². The first-order valence-electron chi connectivity index (χ1n) is 4.22. The van der Waals surface area contributed by atoms with Crippen LogP contribution in [0.2, 0.25) is 0 Å². The fourth-order valence-electron chi connectivity index (χ4n) is 1.05. The highest BCUT2D eigenvalue weighted by molar-refractivity contribution is 7.78. The zero-order valence-electron chi connectivity index (χ0n) is 7.86. The van der Waals surface area contributed by atoms with Gasteiger partial charge in [-0.1, -0.05) is 36.5 Å². The topological polar surface area (TPSA) is 29.1 Å². The average Bonchev–Trinajstić information content (AvgIpc) is 2.17. The maximum absolute atomic E-state index is 11.0. The van der Waals surface area contributed by atoms with Crippen molar-refractivity contribution in [1.29, 1.82) is 0 Å². The molecule has 1 aromatic rings. The summed E-state index contributed by atoms with van der Waals surface area (Å²) in [4.78, 5) is 11.0. The van der Waals surface area contributed by atoms with Gasteiger partial charge in [-0.2, -0.15) is 0 Å². The van der Waals surface area contributed by atoms with Crippen molar-refractivity contribution in [3.63, 3.8) is 0 Å². The molecule has 72 valence electrons. The Morgan fingerprint density at radius 1 is 1.43 bits per heavy atom. The van der Waals surface area contributed by atoms with Crippen LogP contribution in [-0.2, 0) is 4.79 Å². The van der Waals surface area contributed by atoms with Crippen molar-refractivity contribution in [2.45, 2.75) is 6.92 Å². The van der Waals surface area contributed by atoms with Crippen molar-refractivity contribution in [2.75, 3.05) is 0 Å². The first-order valence-corrected chi connectivity index (χ1v) is 4.69. The summed E-state index contributed by atoms with van der Waals surface area (Å²) in [6.45, 7) is 2.00. The molecule has 1 aromatic carbocycles. The summed E-state index contributed by atoms with van der Waals surface area (Å²) in [6, 6.07) is 7.85. The van der Waals surface area contributed by atoms with Gasteiger partial charge in [0.15, 0.2) is 0 Å². The number of hydrogen-bond acceptors (Lipinski definition) is 2. The molecule has 0 bridgehead atoms. The van der Waals surface area contributed by atoms with Crippen LogP contribution in [0.15, 0.2) is 30.3 Å². The lowest BCUT2D eigenvalue weighted by atomic mass is 10.1. The van der Waals surface area contributed by atoms with Crippen LogP contribution < -0.4 is 5.32 Å². The van der Waals surface area contributed by atoms with E-state index in [2.05, 4.69) is 17.5 Å². The smallest absolute Gasteiger partial charge is 0.248 e. The highest BCUT2D eigenvalue weighted by Crippen LogP contribution is 2.08. The third kappa shape index (κ3) is 3.11. The summed E-state index contributed by atoms with van der Waals surface area (Å²) in [6.07, 6.45) is 3.23. The minimum atomic E-state index is -0.205. The Morgan fingerprint density at radius 3 is 2.79 bits per heavy atom. The molecule has 0 saturated carbocycles. The molecule has 0 unspecified atom stereocenters. The number of hydrogen-bond donors (Lipinski definition) is 1. The summed E-state index contributed by atoms with van der Waals surface area (Å²) in [7, 11) is 0. The minimum absolute atomic E-state index is 0.205. The molecule has 0 aliphatic heterocycles. The normalized spacial score (nSPS) is 10.1. The summed E-state index contributed by atoms with van der Waals surface area (Å²) in [5.74, 6) is -0.205. The zero-order valence-corrected chi connectivity index (χ0v) is 8.67. The molecule has 1 N–H and O–H groups in total. The van der Waals surface area contributed by atoms with E-state index in [-0.39, 0.29) is 5.91 Å². The number of rotatable bonds is 3. The first-order chi connectivity index (χ1) is 6.74. The van der Waals surface area contributed by atoms with Crippen LogP contribution >= 0.6 is 12.2 Å². The van der Waals surface area contributed by atoms with Crippen LogP contribution in [0.1, 0.15) is 11.1 Å². The second-order valence-corrected chi connectivity index (χ2v) is 3.05. The van der Waals surface area contributed by atoms with Gasteiger partial charge in [0.05, 0.1) is 5.49 Å². The van der Waals surface area contributed by atoms with Crippen molar-refractivity contribution in [3.8, 4) is 0 Å². The minimum Gasteiger partial charge on any atom is -0.319 e. The number of nitrogens with one attached hydrogen (secondary N) is 1. The van der Waals surface area contributed by atoms with Gasteiger partial charge in [-0.05, 0) is 24.1 Å². The molecule has 0 fully saturated rings. The molecule has 3 heteroatoms. The van der Waals surface area contributed by atoms with Crippen molar-refractivity contribution in [3.05, 3.63) is 41.5 Å². The second-order valence-electron chi connectivity index (χ2n) is 2.82. The Morgan fingerprint density at radius 2 is 2.14 bits per heavy atom. The molecule has 0 aromatic heterocycles. The maximum Gasteiger partial charge on any atom is 0.248 e. The van der Waals surface area contributed by atoms with E-state index in [9.17, 15) is 4.79 Å². The number of amides is 1. The molecule has 0 spiro atoms. The fraction of sp³-hybridized carbons (Fsp3) is 0.0909. The monoisotopic (exact) mass is 205 g/mol. The molecule has 0 aliphatic rings. The molecular formula is C11H11NOS. The van der Waals surface area contributed by atoms with Crippen LogP contribution in [0, 0.1) is 6.92 Å². The molecule has 0 saturated heterocycles. The molecule has 1 amide bonds. The number of carbonyl (C=O) groups excluding carboxylic acids is 1. The molecule has 2 nitrogen and oxygen atoms in total. The van der Waals surface area contributed by atoms with Gasteiger partial charge < -0.3 is 5.32 Å². The second kappa shape index (κ2) is 5.29. The molecule has 14 heavy (non-hydrogen) atoms. The van der Waals surface area contributed by atoms with Crippen LogP contribution in [0.25, 0.3) is 6.08 Å². The highest BCUT2D eigenvalue weighted by Gasteiger charge is 1.93. The fourth-order valence-corrected chi connectivity index (χ4v) is 1.16. The Balaban J connectivity index is 2.73. The van der Waals surface area contributed by atoms with Crippen LogP contribution in [0.5, 0.6) is 0 Å². The summed E-state index contributed by atoms with van der Waals surface area (Å²) < 4.78 is 0. The van der Waals surface area contributed by atoms with E-state index in [4.69, 9.17) is 0 Å². The SMILES string of the molecule is Cc1ccccc1C=CC(=O)NC=S. The number of carbonyl (C=O) groups is 1. The lowest BCUT2D eigenvalue weighted by Crippen LogP contribution is -2.16. The van der Waals surface area contributed by atoms with Crippen molar-refractivity contribution >= 4 is 29.7 Å². The van der Waals surface area contributed by atoms with E-state index >= 15 is 0 Å². The van der Waals surface area contributed by atoms with Gasteiger partial charge in [0.1, 0.15) is 0 Å². The quantitative estimate of drug-likeness (QED) is 0.604. The first kappa shape index (κ1) is 10.6. The Hall–Kier alpha value is -1.48. The third-order valence-corrected chi connectivity index (χ3v) is 1.92. The highest BCUT2D eigenvalue weighted by atomic mass is 32.1.